The lowest BCUT2D eigenvalue weighted by atomic mass is 10.1. The quantitative estimate of drug-likeness (QED) is 0.127. The SMILES string of the molecule is CSCCC(N)C(=O)NC(CC(=O)O)C(=O)NCC(=O)NC(CCCCN)C(=O)O. The maximum Gasteiger partial charge on any atom is 0.326 e. The van der Waals surface area contributed by atoms with Crippen LogP contribution in [0, 0.1) is 0 Å². The highest BCUT2D eigenvalue weighted by atomic mass is 32.2. The fourth-order valence-corrected chi connectivity index (χ4v) is 2.81. The smallest absolute Gasteiger partial charge is 0.326 e. The molecule has 0 aromatic rings. The van der Waals surface area contributed by atoms with Crippen molar-refractivity contribution in [2.45, 2.75) is 50.2 Å². The molecule has 0 saturated carbocycles. The van der Waals surface area contributed by atoms with Crippen LogP contribution < -0.4 is 27.4 Å². The van der Waals surface area contributed by atoms with Gasteiger partial charge in [0.25, 0.3) is 0 Å². The van der Waals surface area contributed by atoms with Crippen molar-refractivity contribution in [3.8, 4) is 0 Å². The first-order chi connectivity index (χ1) is 14.1. The van der Waals surface area contributed by atoms with E-state index in [0.717, 1.165) is 0 Å². The molecule has 0 saturated heterocycles. The zero-order chi connectivity index (χ0) is 23.1. The summed E-state index contributed by atoms with van der Waals surface area (Å²) >= 11 is 1.48. The predicted octanol–water partition coefficient (Wildman–Crippen LogP) is -2.16. The molecule has 9 N–H and O–H groups in total. The molecule has 0 heterocycles. The topological polar surface area (TPSA) is 214 Å². The van der Waals surface area contributed by atoms with Crippen LogP contribution in [-0.4, -0.2) is 83.1 Å². The lowest BCUT2D eigenvalue weighted by Crippen LogP contribution is -2.54. The summed E-state index contributed by atoms with van der Waals surface area (Å²) in [6.45, 7) is -0.183. The number of nitrogens with one attached hydrogen (secondary N) is 3. The third-order valence-electron chi connectivity index (χ3n) is 3.98. The number of carboxylic acids is 2. The Balaban J connectivity index is 4.75. The lowest BCUT2D eigenvalue weighted by molar-refractivity contribution is -0.142. The molecular weight excluding hydrogens is 418 g/mol. The fourth-order valence-electron chi connectivity index (χ4n) is 2.32. The van der Waals surface area contributed by atoms with Crippen molar-refractivity contribution in [2.75, 3.05) is 25.1 Å². The normalized spacial score (nSPS) is 13.6. The fraction of sp³-hybridized carbons (Fsp3) is 0.706. The van der Waals surface area contributed by atoms with Crippen LogP contribution in [-0.2, 0) is 24.0 Å². The number of unbranched alkanes of at least 4 members (excludes halogenated alkanes) is 1. The van der Waals surface area contributed by atoms with Crippen LogP contribution in [0.5, 0.6) is 0 Å². The van der Waals surface area contributed by atoms with Crippen molar-refractivity contribution in [2.24, 2.45) is 11.5 Å². The Morgan fingerprint density at radius 2 is 1.63 bits per heavy atom. The van der Waals surface area contributed by atoms with Gasteiger partial charge in [0.1, 0.15) is 12.1 Å². The molecule has 0 aliphatic carbocycles. The Morgan fingerprint density at radius 3 is 2.17 bits per heavy atom. The standard InChI is InChI=1S/C17H31N5O7S/c1-30-7-5-10(19)15(26)22-12(8-14(24)25)16(27)20-9-13(23)21-11(17(28)29)4-2-3-6-18/h10-12H,2-9,18-19H2,1H3,(H,20,27)(H,21,23)(H,22,26)(H,24,25)(H,28,29). The first-order valence-corrected chi connectivity index (χ1v) is 10.8. The summed E-state index contributed by atoms with van der Waals surface area (Å²) in [5.41, 5.74) is 11.1. The summed E-state index contributed by atoms with van der Waals surface area (Å²) in [5.74, 6) is -4.28. The van der Waals surface area contributed by atoms with E-state index in [0.29, 0.717) is 31.6 Å². The molecule has 12 nitrogen and oxygen atoms in total. The second kappa shape index (κ2) is 15.5. The van der Waals surface area contributed by atoms with E-state index >= 15 is 0 Å². The molecule has 0 aromatic heterocycles. The van der Waals surface area contributed by atoms with Gasteiger partial charge < -0.3 is 37.6 Å². The number of thioether (sulfide) groups is 1. The van der Waals surface area contributed by atoms with Crippen molar-refractivity contribution in [3.63, 3.8) is 0 Å². The highest BCUT2D eigenvalue weighted by molar-refractivity contribution is 7.98. The Morgan fingerprint density at radius 1 is 0.967 bits per heavy atom. The maximum atomic E-state index is 12.2. The van der Waals surface area contributed by atoms with Gasteiger partial charge in [0.15, 0.2) is 0 Å². The van der Waals surface area contributed by atoms with Crippen LogP contribution in [0.1, 0.15) is 32.1 Å². The van der Waals surface area contributed by atoms with Crippen LogP contribution in [0.3, 0.4) is 0 Å². The van der Waals surface area contributed by atoms with E-state index in [1.807, 2.05) is 6.26 Å². The van der Waals surface area contributed by atoms with Gasteiger partial charge in [0.05, 0.1) is 19.0 Å². The number of aliphatic carboxylic acids is 2. The molecule has 0 fully saturated rings. The summed E-state index contributed by atoms with van der Waals surface area (Å²) in [6, 6.07) is -3.47. The van der Waals surface area contributed by atoms with E-state index in [1.54, 1.807) is 0 Å². The van der Waals surface area contributed by atoms with Gasteiger partial charge in [0.2, 0.25) is 17.7 Å². The molecular formula is C17H31N5O7S. The molecule has 172 valence electrons. The van der Waals surface area contributed by atoms with Crippen molar-refractivity contribution < 1.29 is 34.2 Å². The van der Waals surface area contributed by atoms with Gasteiger partial charge in [-0.25, -0.2) is 4.79 Å². The molecule has 0 aromatic carbocycles. The third-order valence-corrected chi connectivity index (χ3v) is 4.63. The van der Waals surface area contributed by atoms with Gasteiger partial charge in [-0.1, -0.05) is 0 Å². The Bertz CT molecular complexity index is 605. The lowest BCUT2D eigenvalue weighted by Gasteiger charge is -2.20. The molecule has 0 bridgehead atoms. The highest BCUT2D eigenvalue weighted by Crippen LogP contribution is 2.02. The summed E-state index contributed by atoms with van der Waals surface area (Å²) in [7, 11) is 0. The Hall–Kier alpha value is -2.38. The zero-order valence-corrected chi connectivity index (χ0v) is 17.7. The largest absolute Gasteiger partial charge is 0.481 e. The second-order valence-corrected chi connectivity index (χ2v) is 7.49. The minimum atomic E-state index is -1.43. The Kier molecular flexibility index (Phi) is 14.2. The minimum Gasteiger partial charge on any atom is -0.481 e. The average Bonchev–Trinajstić information content (AvgIpc) is 2.68. The number of rotatable bonds is 16. The highest BCUT2D eigenvalue weighted by Gasteiger charge is 2.27. The number of hydrogen-bond acceptors (Lipinski definition) is 8. The van der Waals surface area contributed by atoms with E-state index in [2.05, 4.69) is 16.0 Å². The number of nitrogens with two attached hydrogens (primary N) is 2. The van der Waals surface area contributed by atoms with Crippen LogP contribution in [0.15, 0.2) is 0 Å². The van der Waals surface area contributed by atoms with Crippen LogP contribution in [0.4, 0.5) is 0 Å². The van der Waals surface area contributed by atoms with E-state index in [9.17, 15) is 24.0 Å². The molecule has 0 rings (SSSR count). The van der Waals surface area contributed by atoms with Crippen molar-refractivity contribution in [1.29, 1.82) is 0 Å². The molecule has 30 heavy (non-hydrogen) atoms. The number of amides is 3. The summed E-state index contributed by atoms with van der Waals surface area (Å²) in [4.78, 5) is 58.4. The number of carboxylic acid groups (broad SMARTS) is 2. The first kappa shape index (κ1) is 27.6. The molecule has 0 aliphatic rings. The van der Waals surface area contributed by atoms with Gasteiger partial charge in [-0.2, -0.15) is 11.8 Å². The van der Waals surface area contributed by atoms with Gasteiger partial charge >= 0.3 is 11.9 Å². The molecule has 0 spiro atoms. The number of hydrogen-bond donors (Lipinski definition) is 7. The Labute approximate surface area is 178 Å². The van der Waals surface area contributed by atoms with Crippen LogP contribution >= 0.6 is 11.8 Å². The van der Waals surface area contributed by atoms with E-state index in [4.69, 9.17) is 21.7 Å². The zero-order valence-electron chi connectivity index (χ0n) is 16.9. The van der Waals surface area contributed by atoms with E-state index in [-0.39, 0.29) is 6.42 Å². The summed E-state index contributed by atoms with van der Waals surface area (Å²) in [6.07, 6.45) is 2.76. The van der Waals surface area contributed by atoms with Gasteiger partial charge in [-0.05, 0) is 44.2 Å². The molecule has 3 amide bonds. The summed E-state index contributed by atoms with van der Waals surface area (Å²) in [5, 5.41) is 24.8. The predicted molar refractivity (Wildman–Crippen MR) is 111 cm³/mol. The third kappa shape index (κ3) is 12.2. The molecule has 0 aliphatic heterocycles. The molecule has 13 heteroatoms. The summed E-state index contributed by atoms with van der Waals surface area (Å²) < 4.78 is 0. The molecule has 3 atom stereocenters. The van der Waals surface area contributed by atoms with Crippen LogP contribution in [0.2, 0.25) is 0 Å². The first-order valence-electron chi connectivity index (χ1n) is 9.39. The maximum absolute atomic E-state index is 12.2. The van der Waals surface area contributed by atoms with Crippen LogP contribution in [0.25, 0.3) is 0 Å². The second-order valence-electron chi connectivity index (χ2n) is 6.51. The number of carbonyl (C=O) groups excluding carboxylic acids is 3. The van der Waals surface area contributed by atoms with E-state index in [1.165, 1.54) is 11.8 Å². The van der Waals surface area contributed by atoms with Crippen molar-refractivity contribution >= 4 is 41.4 Å². The minimum absolute atomic E-state index is 0.178. The van der Waals surface area contributed by atoms with Gasteiger partial charge in [-0.15, -0.1) is 0 Å². The van der Waals surface area contributed by atoms with Crippen molar-refractivity contribution in [3.05, 3.63) is 0 Å². The average molecular weight is 450 g/mol. The van der Waals surface area contributed by atoms with Crippen molar-refractivity contribution in [1.82, 2.24) is 16.0 Å². The van der Waals surface area contributed by atoms with Gasteiger partial charge in [0, 0.05) is 0 Å². The molecule has 3 unspecified atom stereocenters. The van der Waals surface area contributed by atoms with Gasteiger partial charge in [-0.3, -0.25) is 19.2 Å². The molecule has 0 radical (unpaired) electrons. The monoisotopic (exact) mass is 449 g/mol. The van der Waals surface area contributed by atoms with E-state index < -0.39 is 60.8 Å². The number of carbonyl (C=O) groups is 5.